The average molecular weight is 310 g/mol. The summed E-state index contributed by atoms with van der Waals surface area (Å²) in [5, 5.41) is 27.2. The molecule has 0 aromatic heterocycles. The van der Waals surface area contributed by atoms with Crippen LogP contribution in [0, 0.1) is 0 Å². The Kier molecular flexibility index (Phi) is 2.54. The normalized spacial score (nSPS) is 11.7. The first-order valence-electron chi connectivity index (χ1n) is 7.91. The molecule has 0 spiro atoms. The molecule has 0 heterocycles. The number of aromatic hydroxyl groups is 2. The van der Waals surface area contributed by atoms with Crippen LogP contribution in [-0.2, 0) is 0 Å². The van der Waals surface area contributed by atoms with Crippen LogP contribution < -0.4 is 0 Å². The number of benzene rings is 5. The fourth-order valence-electron chi connectivity index (χ4n) is 3.71. The standard InChI is InChI=1S/C22H14O2/c23-16-8-11-20(24)19(12-16)17-9-6-15-5-4-13-2-1-3-14-7-10-18(17)22(15)21(13)14/h1-12,23-24H. The zero-order valence-electron chi connectivity index (χ0n) is 12.8. The Morgan fingerprint density at radius 1 is 0.542 bits per heavy atom. The number of phenolic OH excluding ortho intramolecular Hbond substituents is 2. The Hall–Kier alpha value is -3.26. The van der Waals surface area contributed by atoms with Gasteiger partial charge in [0, 0.05) is 5.56 Å². The lowest BCUT2D eigenvalue weighted by Crippen LogP contribution is -1.87. The van der Waals surface area contributed by atoms with Crippen molar-refractivity contribution in [2.24, 2.45) is 0 Å². The Balaban J connectivity index is 1.99. The Bertz CT molecular complexity index is 1210. The highest BCUT2D eigenvalue weighted by atomic mass is 16.3. The molecule has 114 valence electrons. The van der Waals surface area contributed by atoms with Crippen LogP contribution in [-0.4, -0.2) is 10.2 Å². The van der Waals surface area contributed by atoms with Gasteiger partial charge < -0.3 is 10.2 Å². The van der Waals surface area contributed by atoms with Crippen molar-refractivity contribution in [3.8, 4) is 22.6 Å². The molecule has 24 heavy (non-hydrogen) atoms. The lowest BCUT2D eigenvalue weighted by atomic mass is 9.89. The van der Waals surface area contributed by atoms with Crippen LogP contribution in [0.5, 0.6) is 11.5 Å². The highest BCUT2D eigenvalue weighted by molar-refractivity contribution is 6.25. The molecule has 0 aliphatic rings. The minimum absolute atomic E-state index is 0.147. The van der Waals surface area contributed by atoms with E-state index in [4.69, 9.17) is 0 Å². The summed E-state index contributed by atoms with van der Waals surface area (Å²) in [5.74, 6) is 0.316. The Morgan fingerprint density at radius 3 is 2.00 bits per heavy atom. The van der Waals surface area contributed by atoms with Crippen molar-refractivity contribution in [3.63, 3.8) is 0 Å². The first-order chi connectivity index (χ1) is 11.7. The molecule has 0 radical (unpaired) electrons. The van der Waals surface area contributed by atoms with Gasteiger partial charge in [-0.15, -0.1) is 0 Å². The lowest BCUT2D eigenvalue weighted by Gasteiger charge is -2.14. The third kappa shape index (κ3) is 1.71. The summed E-state index contributed by atoms with van der Waals surface area (Å²) in [6, 6.07) is 23.5. The van der Waals surface area contributed by atoms with E-state index in [-0.39, 0.29) is 11.5 Å². The minimum atomic E-state index is 0.147. The Labute approximate surface area is 138 Å². The van der Waals surface area contributed by atoms with Gasteiger partial charge in [-0.25, -0.2) is 0 Å². The van der Waals surface area contributed by atoms with E-state index in [9.17, 15) is 10.2 Å². The van der Waals surface area contributed by atoms with Gasteiger partial charge in [-0.05, 0) is 56.1 Å². The maximum atomic E-state index is 10.3. The summed E-state index contributed by atoms with van der Waals surface area (Å²) < 4.78 is 0. The summed E-state index contributed by atoms with van der Waals surface area (Å²) in [5.41, 5.74) is 1.57. The highest BCUT2D eigenvalue weighted by Crippen LogP contribution is 2.41. The van der Waals surface area contributed by atoms with E-state index >= 15 is 0 Å². The van der Waals surface area contributed by atoms with Crippen LogP contribution in [0.15, 0.2) is 72.8 Å². The summed E-state index contributed by atoms with van der Waals surface area (Å²) in [7, 11) is 0. The van der Waals surface area contributed by atoms with Gasteiger partial charge in [0.25, 0.3) is 0 Å². The van der Waals surface area contributed by atoms with Crippen LogP contribution in [0.1, 0.15) is 0 Å². The quantitative estimate of drug-likeness (QED) is 0.310. The van der Waals surface area contributed by atoms with Gasteiger partial charge in [-0.2, -0.15) is 0 Å². The van der Waals surface area contributed by atoms with E-state index in [0.717, 1.165) is 10.9 Å². The highest BCUT2D eigenvalue weighted by Gasteiger charge is 2.14. The molecule has 0 amide bonds. The SMILES string of the molecule is Oc1ccc(O)c(-c2ccc3ccc4cccc5ccc2c3c45)c1. The van der Waals surface area contributed by atoms with E-state index in [1.807, 2.05) is 6.07 Å². The monoisotopic (exact) mass is 310 g/mol. The van der Waals surface area contributed by atoms with Crippen LogP contribution in [0.25, 0.3) is 43.4 Å². The molecule has 0 aliphatic carbocycles. The summed E-state index contributed by atoms with van der Waals surface area (Å²) in [6.07, 6.45) is 0. The smallest absolute Gasteiger partial charge is 0.123 e. The molecule has 0 atom stereocenters. The number of hydrogen-bond donors (Lipinski definition) is 2. The molecule has 5 rings (SSSR count). The first kappa shape index (κ1) is 13.2. The van der Waals surface area contributed by atoms with Gasteiger partial charge in [-0.1, -0.05) is 54.6 Å². The molecule has 0 bridgehead atoms. The molecule has 5 aromatic rings. The maximum absolute atomic E-state index is 10.3. The lowest BCUT2D eigenvalue weighted by molar-refractivity contribution is 0.462. The van der Waals surface area contributed by atoms with E-state index in [2.05, 4.69) is 48.5 Å². The van der Waals surface area contributed by atoms with Crippen molar-refractivity contribution in [2.75, 3.05) is 0 Å². The van der Waals surface area contributed by atoms with E-state index in [1.165, 1.54) is 39.1 Å². The third-order valence-electron chi connectivity index (χ3n) is 4.80. The second-order valence-electron chi connectivity index (χ2n) is 6.17. The largest absolute Gasteiger partial charge is 0.508 e. The van der Waals surface area contributed by atoms with E-state index in [1.54, 1.807) is 6.07 Å². The van der Waals surface area contributed by atoms with Gasteiger partial charge in [0.05, 0.1) is 0 Å². The fraction of sp³-hybridized carbons (Fsp3) is 0. The zero-order valence-corrected chi connectivity index (χ0v) is 12.8. The van der Waals surface area contributed by atoms with Crippen molar-refractivity contribution in [1.29, 1.82) is 0 Å². The summed E-state index contributed by atoms with van der Waals surface area (Å²) in [6.45, 7) is 0. The van der Waals surface area contributed by atoms with Crippen LogP contribution in [0.3, 0.4) is 0 Å². The fourth-order valence-corrected chi connectivity index (χ4v) is 3.71. The molecular weight excluding hydrogens is 296 g/mol. The zero-order chi connectivity index (χ0) is 16.3. The summed E-state index contributed by atoms with van der Waals surface area (Å²) >= 11 is 0. The maximum Gasteiger partial charge on any atom is 0.123 e. The van der Waals surface area contributed by atoms with Crippen LogP contribution in [0.4, 0.5) is 0 Å². The van der Waals surface area contributed by atoms with Gasteiger partial charge in [-0.3, -0.25) is 0 Å². The molecule has 2 heteroatoms. The van der Waals surface area contributed by atoms with Crippen LogP contribution >= 0.6 is 0 Å². The molecule has 2 nitrogen and oxygen atoms in total. The molecule has 0 saturated carbocycles. The molecule has 0 fully saturated rings. The number of phenols is 2. The second kappa shape index (κ2) is 4.62. The van der Waals surface area contributed by atoms with Crippen molar-refractivity contribution < 1.29 is 10.2 Å². The predicted octanol–water partition coefficient (Wildman–Crippen LogP) is 5.66. The summed E-state index contributed by atoms with van der Waals surface area (Å²) in [4.78, 5) is 0. The van der Waals surface area contributed by atoms with Crippen molar-refractivity contribution in [2.45, 2.75) is 0 Å². The molecule has 0 aliphatic heterocycles. The molecule has 0 unspecified atom stereocenters. The molecule has 2 N–H and O–H groups in total. The average Bonchev–Trinajstić information content (AvgIpc) is 2.62. The molecule has 0 saturated heterocycles. The van der Waals surface area contributed by atoms with E-state index in [0.29, 0.717) is 5.56 Å². The predicted molar refractivity (Wildman–Crippen MR) is 98.9 cm³/mol. The second-order valence-corrected chi connectivity index (χ2v) is 6.17. The molecule has 5 aromatic carbocycles. The topological polar surface area (TPSA) is 40.5 Å². The Morgan fingerprint density at radius 2 is 1.21 bits per heavy atom. The first-order valence-corrected chi connectivity index (χ1v) is 7.91. The van der Waals surface area contributed by atoms with Crippen molar-refractivity contribution in [1.82, 2.24) is 0 Å². The number of rotatable bonds is 1. The third-order valence-corrected chi connectivity index (χ3v) is 4.80. The minimum Gasteiger partial charge on any atom is -0.508 e. The van der Waals surface area contributed by atoms with Crippen LogP contribution in [0.2, 0.25) is 0 Å². The van der Waals surface area contributed by atoms with Crippen molar-refractivity contribution >= 4 is 32.3 Å². The van der Waals surface area contributed by atoms with Gasteiger partial charge in [0.1, 0.15) is 11.5 Å². The molecular formula is C22H14O2. The van der Waals surface area contributed by atoms with E-state index < -0.39 is 0 Å². The van der Waals surface area contributed by atoms with Gasteiger partial charge >= 0.3 is 0 Å². The van der Waals surface area contributed by atoms with Crippen molar-refractivity contribution in [3.05, 3.63) is 72.8 Å². The van der Waals surface area contributed by atoms with Gasteiger partial charge in [0.15, 0.2) is 0 Å². The van der Waals surface area contributed by atoms with Gasteiger partial charge in [0.2, 0.25) is 0 Å². The number of hydrogen-bond acceptors (Lipinski definition) is 2.